The van der Waals surface area contributed by atoms with Crippen molar-refractivity contribution in [2.75, 3.05) is 38.2 Å². The molecule has 5 heteroatoms. The molecule has 0 aliphatic carbocycles. The van der Waals surface area contributed by atoms with E-state index in [1.807, 2.05) is 6.07 Å². The summed E-state index contributed by atoms with van der Waals surface area (Å²) in [6, 6.07) is 10.8. The van der Waals surface area contributed by atoms with Crippen molar-refractivity contribution in [2.45, 2.75) is 18.9 Å². The van der Waals surface area contributed by atoms with Crippen LogP contribution >= 0.6 is 0 Å². The highest BCUT2D eigenvalue weighted by Crippen LogP contribution is 2.16. The van der Waals surface area contributed by atoms with Crippen LogP contribution in [0.15, 0.2) is 30.3 Å². The second kappa shape index (κ2) is 7.20. The van der Waals surface area contributed by atoms with Gasteiger partial charge in [0.2, 0.25) is 0 Å². The molecule has 1 unspecified atom stereocenters. The van der Waals surface area contributed by atoms with E-state index in [1.54, 1.807) is 0 Å². The summed E-state index contributed by atoms with van der Waals surface area (Å²) in [5.74, 6) is 0.285. The van der Waals surface area contributed by atoms with Crippen molar-refractivity contribution < 1.29 is 8.42 Å². The maximum Gasteiger partial charge on any atom is 0.147 e. The van der Waals surface area contributed by atoms with Gasteiger partial charge in [0.1, 0.15) is 9.84 Å². The summed E-state index contributed by atoms with van der Waals surface area (Å²) in [6.07, 6.45) is 3.15. The first-order chi connectivity index (χ1) is 9.54. The summed E-state index contributed by atoms with van der Waals surface area (Å²) >= 11 is 0. The summed E-state index contributed by atoms with van der Waals surface area (Å²) in [6.45, 7) is 3.87. The highest BCUT2D eigenvalue weighted by atomic mass is 32.2. The molecule has 0 amide bonds. The van der Waals surface area contributed by atoms with Crippen LogP contribution in [0, 0.1) is 0 Å². The lowest BCUT2D eigenvalue weighted by Crippen LogP contribution is -2.32. The molecule has 2 rings (SSSR count). The van der Waals surface area contributed by atoms with E-state index in [2.05, 4.69) is 34.5 Å². The van der Waals surface area contributed by atoms with E-state index >= 15 is 0 Å². The molecule has 1 aromatic rings. The van der Waals surface area contributed by atoms with E-state index in [0.717, 1.165) is 39.0 Å². The Kier molecular flexibility index (Phi) is 5.57. The van der Waals surface area contributed by atoms with Gasteiger partial charge in [-0.3, -0.25) is 0 Å². The lowest BCUT2D eigenvalue weighted by Gasteiger charge is -2.24. The number of benzene rings is 1. The van der Waals surface area contributed by atoms with Gasteiger partial charge in [-0.2, -0.15) is 0 Å². The largest absolute Gasteiger partial charge is 0.309 e. The first-order valence-electron chi connectivity index (χ1n) is 7.23. The smallest absolute Gasteiger partial charge is 0.147 e. The third kappa shape index (κ3) is 5.23. The number of nitrogens with one attached hydrogen (secondary N) is 1. The molecule has 1 atom stereocenters. The van der Waals surface area contributed by atoms with Crippen LogP contribution in [0.5, 0.6) is 0 Å². The topological polar surface area (TPSA) is 49.4 Å². The number of rotatable bonds is 5. The van der Waals surface area contributed by atoms with E-state index in [4.69, 9.17) is 0 Å². The Balaban J connectivity index is 1.90. The van der Waals surface area contributed by atoms with Crippen molar-refractivity contribution >= 4 is 9.84 Å². The monoisotopic (exact) mass is 296 g/mol. The molecule has 1 aliphatic rings. The van der Waals surface area contributed by atoms with Crippen molar-refractivity contribution in [3.63, 3.8) is 0 Å². The fourth-order valence-electron chi connectivity index (χ4n) is 2.66. The van der Waals surface area contributed by atoms with Gasteiger partial charge in [0, 0.05) is 18.8 Å². The van der Waals surface area contributed by atoms with Gasteiger partial charge in [0.05, 0.1) is 5.75 Å². The predicted octanol–water partition coefficient (Wildman–Crippen LogP) is 1.46. The maximum atomic E-state index is 11.2. The zero-order valence-electron chi connectivity index (χ0n) is 12.1. The van der Waals surface area contributed by atoms with E-state index in [0.29, 0.717) is 6.04 Å². The molecular weight excluding hydrogens is 272 g/mol. The minimum atomic E-state index is -2.84. The van der Waals surface area contributed by atoms with Crippen LogP contribution in [0.2, 0.25) is 0 Å². The quantitative estimate of drug-likeness (QED) is 0.894. The van der Waals surface area contributed by atoms with Crippen LogP contribution in [0.25, 0.3) is 0 Å². The highest BCUT2D eigenvalue weighted by Gasteiger charge is 2.18. The second-order valence-corrected chi connectivity index (χ2v) is 7.81. The summed E-state index contributed by atoms with van der Waals surface area (Å²) in [5.41, 5.74) is 1.31. The molecule has 1 heterocycles. The van der Waals surface area contributed by atoms with Crippen LogP contribution in [-0.2, 0) is 9.84 Å². The number of hydrogen-bond acceptors (Lipinski definition) is 4. The molecule has 0 saturated carbocycles. The molecular formula is C15H24N2O2S. The van der Waals surface area contributed by atoms with E-state index < -0.39 is 9.84 Å². The molecule has 0 radical (unpaired) electrons. The minimum Gasteiger partial charge on any atom is -0.309 e. The number of sulfone groups is 1. The molecule has 1 fully saturated rings. The Morgan fingerprint density at radius 1 is 1.30 bits per heavy atom. The molecule has 20 heavy (non-hydrogen) atoms. The van der Waals surface area contributed by atoms with Crippen LogP contribution in [0.1, 0.15) is 24.4 Å². The summed E-state index contributed by atoms with van der Waals surface area (Å²) in [7, 11) is -2.84. The molecule has 1 aliphatic heterocycles. The average molecular weight is 296 g/mol. The number of hydrogen-bond donors (Lipinski definition) is 1. The predicted molar refractivity (Wildman–Crippen MR) is 82.6 cm³/mol. The minimum absolute atomic E-state index is 0.285. The van der Waals surface area contributed by atoms with Crippen LogP contribution in [0.3, 0.4) is 0 Å². The van der Waals surface area contributed by atoms with E-state index in [9.17, 15) is 8.42 Å². The SMILES string of the molecule is CS(=O)(=O)CCCN1CCCNC(c2ccccc2)C1. The Bertz CT molecular complexity index is 502. The lowest BCUT2D eigenvalue weighted by molar-refractivity contribution is 0.270. The van der Waals surface area contributed by atoms with Gasteiger partial charge in [-0.25, -0.2) is 8.42 Å². The highest BCUT2D eigenvalue weighted by molar-refractivity contribution is 7.90. The maximum absolute atomic E-state index is 11.2. The van der Waals surface area contributed by atoms with Crippen LogP contribution in [0.4, 0.5) is 0 Å². The molecule has 1 aromatic carbocycles. The standard InChI is InChI=1S/C15H24N2O2S/c1-20(18,19)12-6-11-17-10-5-9-16-15(13-17)14-7-3-2-4-8-14/h2-4,7-8,15-16H,5-6,9-13H2,1H3. The molecule has 1 N–H and O–H groups in total. The fourth-order valence-corrected chi connectivity index (χ4v) is 3.31. The second-order valence-electron chi connectivity index (χ2n) is 5.55. The first kappa shape index (κ1) is 15.5. The van der Waals surface area contributed by atoms with Crippen molar-refractivity contribution in [1.29, 1.82) is 0 Å². The zero-order chi connectivity index (χ0) is 14.4. The Labute approximate surface area is 122 Å². The Morgan fingerprint density at radius 3 is 2.75 bits per heavy atom. The summed E-state index contributed by atoms with van der Waals surface area (Å²) < 4.78 is 22.4. The molecule has 0 bridgehead atoms. The van der Waals surface area contributed by atoms with Crippen molar-refractivity contribution in [2.24, 2.45) is 0 Å². The van der Waals surface area contributed by atoms with Gasteiger partial charge in [0.25, 0.3) is 0 Å². The fraction of sp³-hybridized carbons (Fsp3) is 0.600. The third-order valence-corrected chi connectivity index (χ3v) is 4.70. The molecule has 1 saturated heterocycles. The van der Waals surface area contributed by atoms with Gasteiger partial charge in [0.15, 0.2) is 0 Å². The molecule has 112 valence electrons. The van der Waals surface area contributed by atoms with Crippen LogP contribution < -0.4 is 5.32 Å². The van der Waals surface area contributed by atoms with Gasteiger partial charge in [-0.05, 0) is 38.0 Å². The van der Waals surface area contributed by atoms with Crippen molar-refractivity contribution in [3.8, 4) is 0 Å². The summed E-state index contributed by atoms with van der Waals surface area (Å²) in [5, 5.41) is 3.57. The van der Waals surface area contributed by atoms with E-state index in [-0.39, 0.29) is 5.75 Å². The van der Waals surface area contributed by atoms with Crippen molar-refractivity contribution in [3.05, 3.63) is 35.9 Å². The summed E-state index contributed by atoms with van der Waals surface area (Å²) in [4.78, 5) is 2.38. The lowest BCUT2D eigenvalue weighted by atomic mass is 10.1. The molecule has 4 nitrogen and oxygen atoms in total. The van der Waals surface area contributed by atoms with E-state index in [1.165, 1.54) is 11.8 Å². The zero-order valence-corrected chi connectivity index (χ0v) is 12.9. The Hall–Kier alpha value is -0.910. The van der Waals surface area contributed by atoms with Crippen molar-refractivity contribution in [1.82, 2.24) is 10.2 Å². The van der Waals surface area contributed by atoms with Crippen LogP contribution in [-0.4, -0.2) is 51.5 Å². The Morgan fingerprint density at radius 2 is 2.05 bits per heavy atom. The van der Waals surface area contributed by atoms with Gasteiger partial charge < -0.3 is 10.2 Å². The van der Waals surface area contributed by atoms with Gasteiger partial charge in [-0.1, -0.05) is 30.3 Å². The number of nitrogens with zero attached hydrogens (tertiary/aromatic N) is 1. The first-order valence-corrected chi connectivity index (χ1v) is 9.29. The molecule has 0 spiro atoms. The third-order valence-electron chi connectivity index (χ3n) is 3.67. The molecule has 0 aromatic heterocycles. The normalized spacial score (nSPS) is 21.6. The van der Waals surface area contributed by atoms with Gasteiger partial charge >= 0.3 is 0 Å². The van der Waals surface area contributed by atoms with Gasteiger partial charge in [-0.15, -0.1) is 0 Å². The average Bonchev–Trinajstić information content (AvgIpc) is 2.64.